The Hall–Kier alpha value is -2.41. The van der Waals surface area contributed by atoms with Crippen molar-refractivity contribution in [1.82, 2.24) is 4.98 Å². The summed E-state index contributed by atoms with van der Waals surface area (Å²) in [4.78, 5) is 27.9. The van der Waals surface area contributed by atoms with Crippen molar-refractivity contribution in [3.8, 4) is 5.75 Å². The number of carbonyl (C=O) groups excluding carboxylic acids is 2. The van der Waals surface area contributed by atoms with Gasteiger partial charge in [0, 0.05) is 6.20 Å². The first kappa shape index (κ1) is 14.0. The van der Waals surface area contributed by atoms with Crippen molar-refractivity contribution in [1.29, 1.82) is 0 Å². The van der Waals surface area contributed by atoms with E-state index in [2.05, 4.69) is 15.0 Å². The van der Waals surface area contributed by atoms with Gasteiger partial charge in [0.2, 0.25) is 0 Å². The van der Waals surface area contributed by atoms with E-state index < -0.39 is 5.97 Å². The number of esters is 1. The largest absolute Gasteiger partial charge is 0.494 e. The van der Waals surface area contributed by atoms with Crippen LogP contribution in [0, 0.1) is 0 Å². The lowest BCUT2D eigenvalue weighted by atomic mass is 10.2. The molecule has 0 saturated carbocycles. The Bertz CT molecular complexity index is 639. The first-order valence-corrected chi connectivity index (χ1v) is 6.50. The number of carbonyl (C=O) groups is 2. The number of nitrogens with one attached hydrogen (secondary N) is 1. The minimum Gasteiger partial charge on any atom is -0.494 e. The molecule has 20 heavy (non-hydrogen) atoms. The molecule has 2 aromatic heterocycles. The lowest BCUT2D eigenvalue weighted by molar-refractivity contribution is 0.0607. The molecule has 0 bridgehead atoms. The second kappa shape index (κ2) is 6.16. The highest BCUT2D eigenvalue weighted by Gasteiger charge is 2.18. The zero-order valence-electron chi connectivity index (χ0n) is 10.9. The lowest BCUT2D eigenvalue weighted by Crippen LogP contribution is -2.15. The van der Waals surface area contributed by atoms with E-state index in [-0.39, 0.29) is 5.91 Å². The molecular weight excluding hydrogens is 280 g/mol. The van der Waals surface area contributed by atoms with Crippen molar-refractivity contribution in [3.63, 3.8) is 0 Å². The van der Waals surface area contributed by atoms with Gasteiger partial charge in [-0.3, -0.25) is 9.78 Å². The summed E-state index contributed by atoms with van der Waals surface area (Å²) in [6.45, 7) is 0. The van der Waals surface area contributed by atoms with E-state index in [1.54, 1.807) is 17.5 Å². The minimum absolute atomic E-state index is 0.338. The number of methoxy groups -OCH3 is 2. The molecule has 2 rings (SSSR count). The molecule has 0 aliphatic rings. The topological polar surface area (TPSA) is 77.5 Å². The van der Waals surface area contributed by atoms with Crippen LogP contribution in [0.4, 0.5) is 5.69 Å². The predicted molar refractivity (Wildman–Crippen MR) is 74.4 cm³/mol. The number of anilines is 1. The molecule has 2 heterocycles. The number of hydrogen-bond acceptors (Lipinski definition) is 6. The van der Waals surface area contributed by atoms with E-state index in [4.69, 9.17) is 4.74 Å². The van der Waals surface area contributed by atoms with Gasteiger partial charge in [-0.05, 0) is 17.5 Å². The van der Waals surface area contributed by atoms with Crippen molar-refractivity contribution in [2.45, 2.75) is 0 Å². The third-order valence-corrected chi connectivity index (χ3v) is 3.43. The standard InChI is InChI=1S/C13H12N2O4S/c1-18-10-7-14-5-3-8(10)12(16)15-9-4-6-20-11(9)13(17)19-2/h3-7H,1-2H3,(H,15,16). The summed E-state index contributed by atoms with van der Waals surface area (Å²) in [5.74, 6) is -0.510. The number of nitrogens with zero attached hydrogens (tertiary/aromatic N) is 1. The maximum absolute atomic E-state index is 12.2. The molecular formula is C13H12N2O4S. The quantitative estimate of drug-likeness (QED) is 0.874. The van der Waals surface area contributed by atoms with Crippen LogP contribution in [0.3, 0.4) is 0 Å². The zero-order chi connectivity index (χ0) is 14.5. The summed E-state index contributed by atoms with van der Waals surface area (Å²) in [6, 6.07) is 3.18. The normalized spacial score (nSPS) is 9.90. The first-order chi connectivity index (χ1) is 9.67. The summed E-state index contributed by atoms with van der Waals surface area (Å²) < 4.78 is 9.73. The highest BCUT2D eigenvalue weighted by atomic mass is 32.1. The van der Waals surface area contributed by atoms with Gasteiger partial charge in [0.15, 0.2) is 0 Å². The maximum Gasteiger partial charge on any atom is 0.350 e. The van der Waals surface area contributed by atoms with Gasteiger partial charge in [-0.25, -0.2) is 4.79 Å². The fourth-order valence-electron chi connectivity index (χ4n) is 1.58. The van der Waals surface area contributed by atoms with E-state index in [9.17, 15) is 9.59 Å². The molecule has 6 nitrogen and oxygen atoms in total. The molecule has 0 unspecified atom stereocenters. The van der Waals surface area contributed by atoms with E-state index in [1.165, 1.54) is 38.0 Å². The monoisotopic (exact) mass is 292 g/mol. The number of thiophene rings is 1. The van der Waals surface area contributed by atoms with Crippen LogP contribution in [0.15, 0.2) is 29.9 Å². The Morgan fingerprint density at radius 3 is 2.80 bits per heavy atom. The number of pyridine rings is 1. The van der Waals surface area contributed by atoms with Crippen molar-refractivity contribution >= 4 is 28.9 Å². The summed E-state index contributed by atoms with van der Waals surface area (Å²) in [5, 5.41) is 4.36. The Balaban J connectivity index is 2.24. The zero-order valence-corrected chi connectivity index (χ0v) is 11.7. The molecule has 0 fully saturated rings. The van der Waals surface area contributed by atoms with Crippen LogP contribution in [0.2, 0.25) is 0 Å². The van der Waals surface area contributed by atoms with Crippen molar-refractivity contribution < 1.29 is 19.1 Å². The predicted octanol–water partition coefficient (Wildman–Crippen LogP) is 2.19. The SMILES string of the molecule is COC(=O)c1sccc1NC(=O)c1ccncc1OC. The fraction of sp³-hybridized carbons (Fsp3) is 0.154. The van der Waals surface area contributed by atoms with Gasteiger partial charge in [0.25, 0.3) is 5.91 Å². The molecule has 0 spiro atoms. The molecule has 0 aromatic carbocycles. The number of rotatable bonds is 4. The molecule has 0 aliphatic heterocycles. The second-order valence-corrected chi connectivity index (χ2v) is 4.60. The Morgan fingerprint density at radius 2 is 2.10 bits per heavy atom. The van der Waals surface area contributed by atoms with Crippen LogP contribution < -0.4 is 10.1 Å². The molecule has 0 atom stereocenters. The summed E-state index contributed by atoms with van der Waals surface area (Å²) in [5.41, 5.74) is 0.746. The highest BCUT2D eigenvalue weighted by Crippen LogP contribution is 2.25. The van der Waals surface area contributed by atoms with Gasteiger partial charge in [-0.1, -0.05) is 0 Å². The molecule has 0 radical (unpaired) electrons. The second-order valence-electron chi connectivity index (χ2n) is 3.69. The van der Waals surface area contributed by atoms with Crippen molar-refractivity contribution in [3.05, 3.63) is 40.3 Å². The van der Waals surface area contributed by atoms with Gasteiger partial charge < -0.3 is 14.8 Å². The van der Waals surface area contributed by atoms with E-state index >= 15 is 0 Å². The molecule has 7 heteroatoms. The van der Waals surface area contributed by atoms with Crippen LogP contribution in [-0.2, 0) is 4.74 Å². The third kappa shape index (κ3) is 2.77. The van der Waals surface area contributed by atoms with Gasteiger partial charge in [-0.2, -0.15) is 0 Å². The summed E-state index contributed by atoms with van der Waals surface area (Å²) in [7, 11) is 2.75. The van der Waals surface area contributed by atoms with Crippen LogP contribution in [0.1, 0.15) is 20.0 Å². The number of aromatic nitrogens is 1. The van der Waals surface area contributed by atoms with Gasteiger partial charge in [-0.15, -0.1) is 11.3 Å². The molecule has 1 N–H and O–H groups in total. The van der Waals surface area contributed by atoms with Crippen LogP contribution in [-0.4, -0.2) is 31.1 Å². The molecule has 0 saturated heterocycles. The van der Waals surface area contributed by atoms with Crippen LogP contribution in [0.25, 0.3) is 0 Å². The third-order valence-electron chi connectivity index (χ3n) is 2.53. The van der Waals surface area contributed by atoms with Gasteiger partial charge in [0.1, 0.15) is 10.6 Å². The average molecular weight is 292 g/mol. The van der Waals surface area contributed by atoms with Crippen molar-refractivity contribution in [2.24, 2.45) is 0 Å². The highest BCUT2D eigenvalue weighted by molar-refractivity contribution is 7.12. The maximum atomic E-state index is 12.2. The average Bonchev–Trinajstić information content (AvgIpc) is 2.94. The summed E-state index contributed by atoms with van der Waals surface area (Å²) in [6.07, 6.45) is 2.94. The van der Waals surface area contributed by atoms with Gasteiger partial charge >= 0.3 is 5.97 Å². The van der Waals surface area contributed by atoms with Gasteiger partial charge in [0.05, 0.1) is 31.7 Å². The van der Waals surface area contributed by atoms with E-state index in [0.29, 0.717) is 21.9 Å². The Kier molecular flexibility index (Phi) is 4.31. The first-order valence-electron chi connectivity index (χ1n) is 5.62. The van der Waals surface area contributed by atoms with Crippen LogP contribution >= 0.6 is 11.3 Å². The fourth-order valence-corrected chi connectivity index (χ4v) is 2.34. The Labute approximate surface area is 119 Å². The molecule has 104 valence electrons. The number of amides is 1. The molecule has 1 amide bonds. The molecule has 2 aromatic rings. The van der Waals surface area contributed by atoms with E-state index in [0.717, 1.165) is 0 Å². The summed E-state index contributed by atoms with van der Waals surface area (Å²) >= 11 is 1.20. The minimum atomic E-state index is -0.489. The Morgan fingerprint density at radius 1 is 1.30 bits per heavy atom. The van der Waals surface area contributed by atoms with E-state index in [1.807, 2.05) is 0 Å². The number of hydrogen-bond donors (Lipinski definition) is 1. The van der Waals surface area contributed by atoms with Crippen LogP contribution in [0.5, 0.6) is 5.75 Å². The van der Waals surface area contributed by atoms with Crippen molar-refractivity contribution in [2.75, 3.05) is 19.5 Å². The lowest BCUT2D eigenvalue weighted by Gasteiger charge is -2.08. The molecule has 0 aliphatic carbocycles. The number of ether oxygens (including phenoxy) is 2. The smallest absolute Gasteiger partial charge is 0.350 e.